The minimum absolute atomic E-state index is 0.000370. The van der Waals surface area contributed by atoms with E-state index in [0.29, 0.717) is 61.4 Å². The van der Waals surface area contributed by atoms with Crippen LogP contribution in [0.25, 0.3) is 38.5 Å². The number of amides is 1. The minimum atomic E-state index is -2.27. The molecule has 4 heterocycles. The first-order valence-corrected chi connectivity index (χ1v) is 22.5. The van der Waals surface area contributed by atoms with Gasteiger partial charge in [-0.3, -0.25) is 9.88 Å². The van der Waals surface area contributed by atoms with E-state index in [4.69, 9.17) is 24.2 Å². The van der Waals surface area contributed by atoms with Crippen molar-refractivity contribution in [2.45, 2.75) is 121 Å². The molecule has 2 atom stereocenters. The smallest absolute Gasteiger partial charge is 0.411 e. The molecule has 8 nitrogen and oxygen atoms in total. The molecule has 0 spiro atoms. The first kappa shape index (κ1) is 40.6. The van der Waals surface area contributed by atoms with Crippen LogP contribution >= 0.6 is 11.8 Å². The number of nitrogens with zero attached hydrogens (tertiary/aromatic N) is 4. The highest BCUT2D eigenvalue weighted by Crippen LogP contribution is 2.44. The number of fused-ring (bicyclic) bond motifs is 4. The second-order valence-electron chi connectivity index (χ2n) is 16.5. The normalized spacial score (nSPS) is 17.3. The summed E-state index contributed by atoms with van der Waals surface area (Å²) in [6.45, 7) is 18.8. The zero-order valence-electron chi connectivity index (χ0n) is 33.8. The van der Waals surface area contributed by atoms with Crippen LogP contribution in [-0.4, -0.2) is 71.9 Å². The number of halogens is 2. The van der Waals surface area contributed by atoms with Crippen molar-refractivity contribution in [2.75, 3.05) is 20.2 Å². The van der Waals surface area contributed by atoms with Crippen molar-refractivity contribution in [1.29, 1.82) is 0 Å². The average molecular weight is 787 g/mol. The van der Waals surface area contributed by atoms with Crippen LogP contribution < -0.4 is 4.74 Å². The number of hydrogen-bond donors (Lipinski definition) is 0. The Bertz CT molecular complexity index is 2200. The van der Waals surface area contributed by atoms with E-state index in [1.165, 1.54) is 24.9 Å². The summed E-state index contributed by atoms with van der Waals surface area (Å²) in [4.78, 5) is 29.3. The first-order valence-electron chi connectivity index (χ1n) is 19.0. The minimum Gasteiger partial charge on any atom is -0.468 e. The molecule has 4 aromatic rings. The molecular formula is C43H52F2N4O4SSi. The van der Waals surface area contributed by atoms with E-state index < -0.39 is 25.3 Å². The highest BCUT2D eigenvalue weighted by molar-refractivity contribution is 7.98. The average Bonchev–Trinajstić information content (AvgIpc) is 3.39. The Labute approximate surface area is 328 Å². The SMILES string of the molecule is COCOc1cc(-c2ncc3c(C4=C[C@@H]5CC[C@H](C4)N5C(=O)OC(C)(C)C)nc(SC)nc3c2F)c2c(C#C[Si](C(C)C)(C(C)C)C(C)C)c(F)ccc2c1. The molecule has 1 amide bonds. The van der Waals surface area contributed by atoms with Gasteiger partial charge < -0.3 is 14.2 Å². The summed E-state index contributed by atoms with van der Waals surface area (Å²) in [5.74, 6) is 2.60. The molecule has 292 valence electrons. The Morgan fingerprint density at radius 1 is 1.04 bits per heavy atom. The van der Waals surface area contributed by atoms with Crippen LogP contribution in [0.1, 0.15) is 92.8 Å². The van der Waals surface area contributed by atoms with E-state index in [1.807, 2.05) is 31.9 Å². The zero-order chi connectivity index (χ0) is 40.0. The molecule has 1 saturated heterocycles. The molecule has 2 bridgehead atoms. The van der Waals surface area contributed by atoms with E-state index in [9.17, 15) is 4.79 Å². The van der Waals surface area contributed by atoms with Gasteiger partial charge in [-0.25, -0.2) is 23.5 Å². The van der Waals surface area contributed by atoms with Gasteiger partial charge in [-0.15, -0.1) is 5.54 Å². The van der Waals surface area contributed by atoms with E-state index >= 15 is 8.78 Å². The summed E-state index contributed by atoms with van der Waals surface area (Å²) in [7, 11) is -0.745. The van der Waals surface area contributed by atoms with E-state index in [-0.39, 0.29) is 41.7 Å². The van der Waals surface area contributed by atoms with Crippen molar-refractivity contribution >= 4 is 53.2 Å². The summed E-state index contributed by atoms with van der Waals surface area (Å²) in [6.07, 6.45) is 7.33. The summed E-state index contributed by atoms with van der Waals surface area (Å²) < 4.78 is 50.2. The Balaban J connectivity index is 1.55. The molecule has 0 N–H and O–H groups in total. The van der Waals surface area contributed by atoms with Gasteiger partial charge in [-0.1, -0.05) is 71.4 Å². The van der Waals surface area contributed by atoms with Crippen molar-refractivity contribution in [3.63, 3.8) is 0 Å². The third-order valence-electron chi connectivity index (χ3n) is 11.1. The van der Waals surface area contributed by atoms with Crippen LogP contribution in [0.15, 0.2) is 41.7 Å². The van der Waals surface area contributed by atoms with Crippen LogP contribution in [0, 0.1) is 23.1 Å². The Morgan fingerprint density at radius 2 is 1.75 bits per heavy atom. The number of hydrogen-bond acceptors (Lipinski definition) is 8. The summed E-state index contributed by atoms with van der Waals surface area (Å²) in [6, 6.07) is 6.29. The van der Waals surface area contributed by atoms with Crippen molar-refractivity contribution in [3.05, 3.63) is 59.4 Å². The monoisotopic (exact) mass is 786 g/mol. The molecule has 0 unspecified atom stereocenters. The highest BCUT2D eigenvalue weighted by atomic mass is 32.2. The molecule has 55 heavy (non-hydrogen) atoms. The molecule has 1 fully saturated rings. The van der Waals surface area contributed by atoms with Gasteiger partial charge >= 0.3 is 6.09 Å². The number of benzene rings is 2. The van der Waals surface area contributed by atoms with Crippen molar-refractivity contribution in [3.8, 4) is 28.5 Å². The molecule has 6 rings (SSSR count). The van der Waals surface area contributed by atoms with Gasteiger partial charge in [-0.05, 0) is 92.1 Å². The van der Waals surface area contributed by atoms with Crippen LogP contribution in [-0.2, 0) is 9.47 Å². The lowest BCUT2D eigenvalue weighted by molar-refractivity contribution is 0.0175. The third-order valence-corrected chi connectivity index (χ3v) is 17.9. The Hall–Kier alpha value is -4.05. The van der Waals surface area contributed by atoms with Gasteiger partial charge in [0.2, 0.25) is 0 Å². The van der Waals surface area contributed by atoms with Crippen molar-refractivity contribution in [1.82, 2.24) is 19.9 Å². The van der Waals surface area contributed by atoms with Crippen molar-refractivity contribution < 1.29 is 27.8 Å². The van der Waals surface area contributed by atoms with E-state index in [1.54, 1.807) is 24.4 Å². The van der Waals surface area contributed by atoms with Crippen molar-refractivity contribution in [2.24, 2.45) is 0 Å². The summed E-state index contributed by atoms with van der Waals surface area (Å²) >= 11 is 1.32. The van der Waals surface area contributed by atoms with Gasteiger partial charge in [-0.2, -0.15) is 0 Å². The van der Waals surface area contributed by atoms with Gasteiger partial charge in [0.15, 0.2) is 17.8 Å². The predicted octanol–water partition coefficient (Wildman–Crippen LogP) is 11.0. The Kier molecular flexibility index (Phi) is 11.7. The first-order chi connectivity index (χ1) is 26.0. The summed E-state index contributed by atoms with van der Waals surface area (Å²) in [5, 5.41) is 1.94. The van der Waals surface area contributed by atoms with Crippen LogP contribution in [0.2, 0.25) is 16.6 Å². The molecule has 0 radical (unpaired) electrons. The molecule has 0 saturated carbocycles. The molecule has 12 heteroatoms. The fourth-order valence-corrected chi connectivity index (χ4v) is 14.3. The predicted molar refractivity (Wildman–Crippen MR) is 220 cm³/mol. The lowest BCUT2D eigenvalue weighted by Gasteiger charge is -2.38. The maximum atomic E-state index is 17.3. The maximum absolute atomic E-state index is 17.3. The largest absolute Gasteiger partial charge is 0.468 e. The van der Waals surface area contributed by atoms with Crippen LogP contribution in [0.3, 0.4) is 0 Å². The number of methoxy groups -OCH3 is 1. The zero-order valence-corrected chi connectivity index (χ0v) is 35.6. The van der Waals surface area contributed by atoms with Gasteiger partial charge in [0.1, 0.15) is 36.5 Å². The second kappa shape index (κ2) is 15.8. The van der Waals surface area contributed by atoms with Gasteiger partial charge in [0, 0.05) is 35.7 Å². The van der Waals surface area contributed by atoms with E-state index in [2.05, 4.69) is 64.1 Å². The van der Waals surface area contributed by atoms with Crippen LogP contribution in [0.5, 0.6) is 5.75 Å². The number of aromatic nitrogens is 3. The quantitative estimate of drug-likeness (QED) is 0.0545. The molecular weight excluding hydrogens is 735 g/mol. The lowest BCUT2D eigenvalue weighted by Crippen LogP contribution is -2.45. The fourth-order valence-electron chi connectivity index (χ4n) is 8.70. The number of thioether (sulfide) groups is 1. The number of carbonyl (C=O) groups is 1. The molecule has 2 aliphatic heterocycles. The number of ether oxygens (including phenoxy) is 3. The lowest BCUT2D eigenvalue weighted by atomic mass is 9.94. The standard InChI is InChI=1S/C43H52F2N4O4SSi/c1-24(2)55(25(3)4,26(5)6)17-16-32-35(44)15-12-27-20-31(52-23-51-10)21-33(36(27)32)39-37(45)40-34(22-46-39)38(47-41(48-40)54-11)28-18-29-13-14-30(19-28)49(29)42(50)53-43(7,8)9/h12,15,18,20-22,24-26,29-30H,13-14,19,23H2,1-11H3/t29-,30+/m0/s1. The number of carbonyl (C=O) groups excluding carboxylic acids is 1. The van der Waals surface area contributed by atoms with Crippen LogP contribution in [0.4, 0.5) is 13.6 Å². The number of rotatable bonds is 9. The molecule has 0 aliphatic carbocycles. The number of pyridine rings is 1. The van der Waals surface area contributed by atoms with Gasteiger partial charge in [0.05, 0.1) is 17.3 Å². The molecule has 2 aromatic carbocycles. The second-order valence-corrected chi connectivity index (χ2v) is 22.9. The van der Waals surface area contributed by atoms with Gasteiger partial charge in [0.25, 0.3) is 0 Å². The topological polar surface area (TPSA) is 86.7 Å². The highest BCUT2D eigenvalue weighted by Gasteiger charge is 2.43. The maximum Gasteiger partial charge on any atom is 0.411 e. The fraction of sp³-hybridized carbons (Fsp3) is 0.488. The van der Waals surface area contributed by atoms with E-state index in [0.717, 1.165) is 18.4 Å². The summed E-state index contributed by atoms with van der Waals surface area (Å²) in [5.41, 5.74) is 6.21. The molecule has 2 aliphatic rings. The Morgan fingerprint density at radius 3 is 2.36 bits per heavy atom. The molecule has 2 aromatic heterocycles. The third kappa shape index (κ3) is 7.72.